The third-order valence-electron chi connectivity index (χ3n) is 5.14. The van der Waals surface area contributed by atoms with Crippen molar-refractivity contribution in [3.8, 4) is 5.75 Å². The summed E-state index contributed by atoms with van der Waals surface area (Å²) in [7, 11) is 0. The minimum atomic E-state index is -0.0482. The van der Waals surface area contributed by atoms with Gasteiger partial charge in [0.1, 0.15) is 23.1 Å². The molecule has 1 amide bonds. The Labute approximate surface area is 162 Å². The summed E-state index contributed by atoms with van der Waals surface area (Å²) >= 11 is 0. The maximum Gasteiger partial charge on any atom is 0.272 e. The number of rotatable bonds is 3. The predicted octanol–water partition coefficient (Wildman–Crippen LogP) is 4.08. The SMILES string of the molecule is O=C(c1ccc2ccccc2n1)N1CCC(Oc2cccc3cccnc23)C1. The zero-order valence-electron chi connectivity index (χ0n) is 15.3. The minimum absolute atomic E-state index is 0.0444. The molecule has 2 aromatic heterocycles. The monoisotopic (exact) mass is 369 g/mol. The Balaban J connectivity index is 1.33. The van der Waals surface area contributed by atoms with Gasteiger partial charge in [-0.3, -0.25) is 9.78 Å². The normalized spacial score (nSPS) is 16.6. The Hall–Kier alpha value is -3.47. The number of carbonyl (C=O) groups excluding carboxylic acids is 1. The zero-order chi connectivity index (χ0) is 18.9. The van der Waals surface area contributed by atoms with E-state index in [1.54, 1.807) is 12.3 Å². The van der Waals surface area contributed by atoms with Crippen LogP contribution in [0.2, 0.25) is 0 Å². The van der Waals surface area contributed by atoms with Gasteiger partial charge in [0.15, 0.2) is 0 Å². The van der Waals surface area contributed by atoms with Crippen molar-refractivity contribution >= 4 is 27.7 Å². The maximum absolute atomic E-state index is 12.9. The molecule has 0 radical (unpaired) electrons. The Bertz CT molecular complexity index is 1170. The summed E-state index contributed by atoms with van der Waals surface area (Å²) in [4.78, 5) is 23.7. The molecule has 0 aliphatic carbocycles. The second-order valence-corrected chi connectivity index (χ2v) is 7.00. The van der Waals surface area contributed by atoms with Gasteiger partial charge in [0.2, 0.25) is 0 Å². The Kier molecular flexibility index (Phi) is 4.13. The van der Waals surface area contributed by atoms with Crippen molar-refractivity contribution in [2.45, 2.75) is 12.5 Å². The molecule has 4 aromatic rings. The lowest BCUT2D eigenvalue weighted by Gasteiger charge is -2.17. The molecule has 1 unspecified atom stereocenters. The number of para-hydroxylation sites is 2. The Morgan fingerprint density at radius 2 is 1.82 bits per heavy atom. The number of carbonyl (C=O) groups is 1. The summed E-state index contributed by atoms with van der Waals surface area (Å²) in [6, 6.07) is 21.4. The van der Waals surface area contributed by atoms with E-state index in [1.807, 2.05) is 65.6 Å². The highest BCUT2D eigenvalue weighted by Crippen LogP contribution is 2.26. The van der Waals surface area contributed by atoms with E-state index in [4.69, 9.17) is 4.74 Å². The van der Waals surface area contributed by atoms with Gasteiger partial charge in [-0.15, -0.1) is 0 Å². The molecule has 2 aromatic carbocycles. The first-order chi connectivity index (χ1) is 13.8. The van der Waals surface area contributed by atoms with Gasteiger partial charge in [0.25, 0.3) is 5.91 Å². The molecule has 5 rings (SSSR count). The molecule has 5 nitrogen and oxygen atoms in total. The fourth-order valence-electron chi connectivity index (χ4n) is 3.71. The maximum atomic E-state index is 12.9. The molecule has 0 saturated carbocycles. The van der Waals surface area contributed by atoms with Crippen LogP contribution in [0, 0.1) is 0 Å². The molecule has 138 valence electrons. The molecular weight excluding hydrogens is 350 g/mol. The van der Waals surface area contributed by atoms with Crippen molar-refractivity contribution in [2.24, 2.45) is 0 Å². The largest absolute Gasteiger partial charge is 0.486 e. The predicted molar refractivity (Wildman–Crippen MR) is 108 cm³/mol. The zero-order valence-corrected chi connectivity index (χ0v) is 15.3. The number of amides is 1. The highest BCUT2D eigenvalue weighted by atomic mass is 16.5. The molecule has 1 aliphatic heterocycles. The molecule has 1 atom stereocenters. The molecule has 1 saturated heterocycles. The van der Waals surface area contributed by atoms with Gasteiger partial charge in [-0.1, -0.05) is 42.5 Å². The minimum Gasteiger partial charge on any atom is -0.486 e. The van der Waals surface area contributed by atoms with E-state index in [9.17, 15) is 4.79 Å². The van der Waals surface area contributed by atoms with Crippen LogP contribution in [-0.4, -0.2) is 40.0 Å². The van der Waals surface area contributed by atoms with E-state index < -0.39 is 0 Å². The van der Waals surface area contributed by atoms with Gasteiger partial charge in [0.05, 0.1) is 12.1 Å². The van der Waals surface area contributed by atoms with Crippen molar-refractivity contribution in [1.82, 2.24) is 14.9 Å². The average Bonchev–Trinajstić information content (AvgIpc) is 3.22. The quantitative estimate of drug-likeness (QED) is 0.546. The Morgan fingerprint density at radius 3 is 2.79 bits per heavy atom. The fourth-order valence-corrected chi connectivity index (χ4v) is 3.71. The van der Waals surface area contributed by atoms with Crippen LogP contribution in [-0.2, 0) is 0 Å². The fraction of sp³-hybridized carbons (Fsp3) is 0.174. The third kappa shape index (κ3) is 3.05. The van der Waals surface area contributed by atoms with Crippen LogP contribution in [0.1, 0.15) is 16.9 Å². The smallest absolute Gasteiger partial charge is 0.272 e. The summed E-state index contributed by atoms with van der Waals surface area (Å²) in [6.07, 6.45) is 2.52. The Morgan fingerprint density at radius 1 is 0.964 bits per heavy atom. The van der Waals surface area contributed by atoms with Crippen LogP contribution in [0.3, 0.4) is 0 Å². The highest BCUT2D eigenvalue weighted by molar-refractivity contribution is 5.95. The number of likely N-dealkylation sites (tertiary alicyclic amines) is 1. The summed E-state index contributed by atoms with van der Waals surface area (Å²) in [5.41, 5.74) is 2.17. The van der Waals surface area contributed by atoms with Crippen molar-refractivity contribution < 1.29 is 9.53 Å². The molecular formula is C23H19N3O2. The second kappa shape index (κ2) is 6.93. The number of nitrogens with zero attached hydrogens (tertiary/aromatic N) is 3. The lowest BCUT2D eigenvalue weighted by atomic mass is 10.2. The lowest BCUT2D eigenvalue weighted by Crippen LogP contribution is -2.31. The van der Waals surface area contributed by atoms with E-state index >= 15 is 0 Å². The highest BCUT2D eigenvalue weighted by Gasteiger charge is 2.29. The molecule has 1 fully saturated rings. The topological polar surface area (TPSA) is 55.3 Å². The molecule has 0 spiro atoms. The molecule has 0 bridgehead atoms. The summed E-state index contributed by atoms with van der Waals surface area (Å²) in [5.74, 6) is 0.717. The van der Waals surface area contributed by atoms with Crippen LogP contribution in [0.4, 0.5) is 0 Å². The van der Waals surface area contributed by atoms with Crippen LogP contribution in [0.5, 0.6) is 5.75 Å². The third-order valence-corrected chi connectivity index (χ3v) is 5.14. The first kappa shape index (κ1) is 16.7. The van der Waals surface area contributed by atoms with Crippen LogP contribution in [0.25, 0.3) is 21.8 Å². The van der Waals surface area contributed by atoms with Crippen molar-refractivity contribution in [2.75, 3.05) is 13.1 Å². The standard InChI is InChI=1S/C23H19N3O2/c27-23(20-11-10-16-5-1-2-8-19(16)25-20)26-14-12-18(15-26)28-21-9-3-6-17-7-4-13-24-22(17)21/h1-11,13,18H,12,14-15H2. The van der Waals surface area contributed by atoms with Crippen LogP contribution < -0.4 is 4.74 Å². The van der Waals surface area contributed by atoms with Gasteiger partial charge in [-0.25, -0.2) is 4.98 Å². The number of fused-ring (bicyclic) bond motifs is 2. The van der Waals surface area contributed by atoms with Crippen LogP contribution >= 0.6 is 0 Å². The van der Waals surface area contributed by atoms with Gasteiger partial charge in [0, 0.05) is 29.9 Å². The van der Waals surface area contributed by atoms with Crippen LogP contribution in [0.15, 0.2) is 72.9 Å². The molecule has 0 N–H and O–H groups in total. The van der Waals surface area contributed by atoms with E-state index in [-0.39, 0.29) is 12.0 Å². The average molecular weight is 369 g/mol. The van der Waals surface area contributed by atoms with E-state index in [0.29, 0.717) is 18.8 Å². The number of hydrogen-bond acceptors (Lipinski definition) is 4. The van der Waals surface area contributed by atoms with Gasteiger partial charge in [-0.2, -0.15) is 0 Å². The van der Waals surface area contributed by atoms with E-state index in [2.05, 4.69) is 9.97 Å². The van der Waals surface area contributed by atoms with Crippen molar-refractivity contribution in [3.05, 3.63) is 78.6 Å². The molecule has 28 heavy (non-hydrogen) atoms. The van der Waals surface area contributed by atoms with Crippen molar-refractivity contribution in [1.29, 1.82) is 0 Å². The van der Waals surface area contributed by atoms with Crippen molar-refractivity contribution in [3.63, 3.8) is 0 Å². The van der Waals surface area contributed by atoms with Gasteiger partial charge < -0.3 is 9.64 Å². The lowest BCUT2D eigenvalue weighted by molar-refractivity contribution is 0.0767. The van der Waals surface area contributed by atoms with E-state index in [0.717, 1.165) is 34.0 Å². The molecule has 3 heterocycles. The number of pyridine rings is 2. The number of aromatic nitrogens is 2. The first-order valence-corrected chi connectivity index (χ1v) is 9.43. The number of ether oxygens (including phenoxy) is 1. The summed E-state index contributed by atoms with van der Waals surface area (Å²) < 4.78 is 6.20. The number of benzene rings is 2. The molecule has 1 aliphatic rings. The first-order valence-electron chi connectivity index (χ1n) is 9.43. The molecule has 5 heteroatoms. The van der Waals surface area contributed by atoms with Gasteiger partial charge in [-0.05, 0) is 24.3 Å². The van der Waals surface area contributed by atoms with Gasteiger partial charge >= 0.3 is 0 Å². The summed E-state index contributed by atoms with van der Waals surface area (Å²) in [6.45, 7) is 1.22. The summed E-state index contributed by atoms with van der Waals surface area (Å²) in [5, 5.41) is 2.08. The second-order valence-electron chi connectivity index (χ2n) is 7.00. The van der Waals surface area contributed by atoms with E-state index in [1.165, 1.54) is 0 Å². The number of hydrogen-bond donors (Lipinski definition) is 0.